The third kappa shape index (κ3) is 4.94. The summed E-state index contributed by atoms with van der Waals surface area (Å²) in [5.74, 6) is -0.887. The molecule has 0 aliphatic rings. The second kappa shape index (κ2) is 8.35. The van der Waals surface area contributed by atoms with Gasteiger partial charge in [-0.15, -0.1) is 0 Å². The van der Waals surface area contributed by atoms with Crippen LogP contribution < -0.4 is 5.32 Å². The van der Waals surface area contributed by atoms with E-state index in [9.17, 15) is 17.6 Å². The lowest BCUT2D eigenvalue weighted by Crippen LogP contribution is -2.39. The van der Waals surface area contributed by atoms with Gasteiger partial charge < -0.3 is 5.32 Å². The zero-order valence-electron chi connectivity index (χ0n) is 14.0. The molecule has 0 aliphatic carbocycles. The van der Waals surface area contributed by atoms with Crippen LogP contribution in [0, 0.1) is 5.82 Å². The maximum Gasteiger partial charge on any atom is 0.244 e. The molecule has 0 saturated carbocycles. The number of amides is 1. The van der Waals surface area contributed by atoms with Crippen molar-refractivity contribution in [1.29, 1.82) is 0 Å². The van der Waals surface area contributed by atoms with Crippen molar-refractivity contribution >= 4 is 39.1 Å². The number of benzene rings is 2. The van der Waals surface area contributed by atoms with E-state index in [0.29, 0.717) is 5.56 Å². The highest BCUT2D eigenvalue weighted by atomic mass is 35.5. The van der Waals surface area contributed by atoms with Crippen LogP contribution >= 0.6 is 23.2 Å². The first-order valence-electron chi connectivity index (χ1n) is 7.57. The lowest BCUT2D eigenvalue weighted by atomic mass is 10.1. The van der Waals surface area contributed by atoms with Crippen LogP contribution in [0.5, 0.6) is 0 Å². The summed E-state index contributed by atoms with van der Waals surface area (Å²) in [6.45, 7) is 1.31. The minimum atomic E-state index is -3.99. The van der Waals surface area contributed by atoms with Gasteiger partial charge in [-0.2, -0.15) is 4.31 Å². The second-order valence-corrected chi connectivity index (χ2v) is 8.53. The molecule has 140 valence electrons. The number of hydrogen-bond acceptors (Lipinski definition) is 3. The van der Waals surface area contributed by atoms with E-state index in [-0.39, 0.29) is 20.8 Å². The SMILES string of the molecule is CC(NC(=O)CN(C)S(=O)(=O)c1cc(Cl)ccc1Cl)c1ccc(F)cc1. The highest BCUT2D eigenvalue weighted by Crippen LogP contribution is 2.27. The molecule has 0 aliphatic heterocycles. The highest BCUT2D eigenvalue weighted by molar-refractivity contribution is 7.89. The van der Waals surface area contributed by atoms with E-state index in [2.05, 4.69) is 5.32 Å². The van der Waals surface area contributed by atoms with Gasteiger partial charge in [-0.1, -0.05) is 35.3 Å². The van der Waals surface area contributed by atoms with Gasteiger partial charge in [0.25, 0.3) is 0 Å². The Hall–Kier alpha value is -1.67. The number of nitrogens with zero attached hydrogens (tertiary/aromatic N) is 1. The fraction of sp³-hybridized carbons (Fsp3) is 0.235. The van der Waals surface area contributed by atoms with Crippen molar-refractivity contribution in [3.63, 3.8) is 0 Å². The van der Waals surface area contributed by atoms with E-state index >= 15 is 0 Å². The van der Waals surface area contributed by atoms with Crippen LogP contribution in [0.15, 0.2) is 47.4 Å². The molecule has 2 rings (SSSR count). The monoisotopic (exact) mass is 418 g/mol. The predicted molar refractivity (Wildman–Crippen MR) is 99.2 cm³/mol. The molecule has 1 atom stereocenters. The van der Waals surface area contributed by atoms with E-state index in [4.69, 9.17) is 23.2 Å². The Morgan fingerprint density at radius 2 is 1.81 bits per heavy atom. The Labute approximate surface area is 161 Å². The number of sulfonamides is 1. The summed E-state index contributed by atoms with van der Waals surface area (Å²) in [7, 11) is -2.71. The molecule has 0 heterocycles. The van der Waals surface area contributed by atoms with Gasteiger partial charge in [0, 0.05) is 12.1 Å². The number of rotatable bonds is 6. The van der Waals surface area contributed by atoms with Crippen LogP contribution in [0.3, 0.4) is 0 Å². The largest absolute Gasteiger partial charge is 0.348 e. The Balaban J connectivity index is 2.08. The maximum atomic E-state index is 13.0. The number of halogens is 3. The van der Waals surface area contributed by atoms with Crippen LogP contribution in [-0.4, -0.2) is 32.2 Å². The van der Waals surface area contributed by atoms with E-state index in [1.807, 2.05) is 0 Å². The predicted octanol–water partition coefficient (Wildman–Crippen LogP) is 3.63. The molecule has 26 heavy (non-hydrogen) atoms. The van der Waals surface area contributed by atoms with E-state index < -0.39 is 28.5 Å². The lowest BCUT2D eigenvalue weighted by molar-refractivity contribution is -0.121. The van der Waals surface area contributed by atoms with Crippen molar-refractivity contribution in [2.45, 2.75) is 17.9 Å². The van der Waals surface area contributed by atoms with Crippen molar-refractivity contribution < 1.29 is 17.6 Å². The molecule has 0 bridgehead atoms. The Morgan fingerprint density at radius 1 is 1.19 bits per heavy atom. The minimum absolute atomic E-state index is 0.0151. The summed E-state index contributed by atoms with van der Waals surface area (Å²) < 4.78 is 39.0. The molecule has 0 fully saturated rings. The zero-order chi connectivity index (χ0) is 19.5. The molecule has 0 spiro atoms. The van der Waals surface area contributed by atoms with Crippen LogP contribution in [-0.2, 0) is 14.8 Å². The van der Waals surface area contributed by atoms with E-state index in [1.54, 1.807) is 19.1 Å². The normalized spacial score (nSPS) is 12.8. The van der Waals surface area contributed by atoms with E-state index in [1.165, 1.54) is 37.4 Å². The zero-order valence-corrected chi connectivity index (χ0v) is 16.4. The molecule has 0 aromatic heterocycles. The van der Waals surface area contributed by atoms with Crippen LogP contribution in [0.1, 0.15) is 18.5 Å². The third-order valence-electron chi connectivity index (χ3n) is 3.70. The van der Waals surface area contributed by atoms with Crippen molar-refractivity contribution in [1.82, 2.24) is 9.62 Å². The molecule has 2 aromatic rings. The fourth-order valence-corrected chi connectivity index (χ4v) is 4.11. The van der Waals surface area contributed by atoms with Gasteiger partial charge in [0.05, 0.1) is 17.6 Å². The summed E-state index contributed by atoms with van der Waals surface area (Å²) >= 11 is 11.8. The van der Waals surface area contributed by atoms with Gasteiger partial charge in [0.1, 0.15) is 10.7 Å². The molecule has 0 radical (unpaired) electrons. The summed E-state index contributed by atoms with van der Waals surface area (Å²) in [4.78, 5) is 12.0. The Morgan fingerprint density at radius 3 is 2.42 bits per heavy atom. The molecule has 1 N–H and O–H groups in total. The van der Waals surface area contributed by atoms with Gasteiger partial charge in [-0.05, 0) is 42.8 Å². The number of carbonyl (C=O) groups is 1. The maximum absolute atomic E-state index is 13.0. The molecule has 2 aromatic carbocycles. The topological polar surface area (TPSA) is 66.5 Å². The standard InChI is InChI=1S/C17H17Cl2FN2O3S/c1-11(12-3-6-14(20)7-4-12)21-17(23)10-22(2)26(24,25)16-9-13(18)5-8-15(16)19/h3-9,11H,10H2,1-2H3,(H,21,23). The summed E-state index contributed by atoms with van der Waals surface area (Å²) in [5, 5.41) is 2.90. The van der Waals surface area contributed by atoms with Gasteiger partial charge >= 0.3 is 0 Å². The quantitative estimate of drug-likeness (QED) is 0.778. The summed E-state index contributed by atoms with van der Waals surface area (Å²) in [5.41, 5.74) is 0.697. The first kappa shape index (κ1) is 20.6. The number of hydrogen-bond donors (Lipinski definition) is 1. The van der Waals surface area contributed by atoms with Crippen molar-refractivity contribution in [3.8, 4) is 0 Å². The molecule has 0 saturated heterocycles. The van der Waals surface area contributed by atoms with Crippen LogP contribution in [0.4, 0.5) is 4.39 Å². The second-order valence-electron chi connectivity index (χ2n) is 5.68. The first-order valence-corrected chi connectivity index (χ1v) is 9.77. The summed E-state index contributed by atoms with van der Waals surface area (Å²) in [6.07, 6.45) is 0. The van der Waals surface area contributed by atoms with Crippen molar-refractivity contribution in [2.24, 2.45) is 0 Å². The van der Waals surface area contributed by atoms with Crippen molar-refractivity contribution in [3.05, 3.63) is 63.9 Å². The molecule has 1 amide bonds. The third-order valence-corrected chi connectivity index (χ3v) is 6.22. The number of likely N-dealkylation sites (N-methyl/N-ethyl adjacent to an activating group) is 1. The average Bonchev–Trinajstić information content (AvgIpc) is 2.57. The molecular formula is C17H17Cl2FN2O3S. The Bertz CT molecular complexity index is 905. The van der Waals surface area contributed by atoms with Gasteiger partial charge in [-0.25, -0.2) is 12.8 Å². The fourth-order valence-electron chi connectivity index (χ4n) is 2.25. The molecule has 5 nitrogen and oxygen atoms in total. The van der Waals surface area contributed by atoms with Crippen LogP contribution in [0.2, 0.25) is 10.0 Å². The lowest BCUT2D eigenvalue weighted by Gasteiger charge is -2.20. The van der Waals surface area contributed by atoms with Gasteiger partial charge in [0.2, 0.25) is 15.9 Å². The van der Waals surface area contributed by atoms with Crippen LogP contribution in [0.25, 0.3) is 0 Å². The molecule has 9 heteroatoms. The molecular weight excluding hydrogens is 402 g/mol. The minimum Gasteiger partial charge on any atom is -0.348 e. The number of nitrogens with one attached hydrogen (secondary N) is 1. The highest BCUT2D eigenvalue weighted by Gasteiger charge is 2.26. The van der Waals surface area contributed by atoms with E-state index in [0.717, 1.165) is 4.31 Å². The van der Waals surface area contributed by atoms with Gasteiger partial charge in [0.15, 0.2) is 0 Å². The average molecular weight is 419 g/mol. The van der Waals surface area contributed by atoms with Crippen molar-refractivity contribution in [2.75, 3.05) is 13.6 Å². The number of carbonyl (C=O) groups excluding carboxylic acids is 1. The molecule has 1 unspecified atom stereocenters. The smallest absolute Gasteiger partial charge is 0.244 e. The van der Waals surface area contributed by atoms with Gasteiger partial charge in [-0.3, -0.25) is 4.79 Å². The Kier molecular flexibility index (Phi) is 6.63. The first-order chi connectivity index (χ1) is 12.1. The summed E-state index contributed by atoms with van der Waals surface area (Å²) in [6, 6.07) is 9.34.